The zero-order chi connectivity index (χ0) is 24.5. The van der Waals surface area contributed by atoms with Gasteiger partial charge in [0, 0.05) is 5.56 Å². The molecule has 0 radical (unpaired) electrons. The number of hydrogen-bond acceptors (Lipinski definition) is 6. The van der Waals surface area contributed by atoms with Crippen molar-refractivity contribution in [2.75, 3.05) is 13.7 Å². The van der Waals surface area contributed by atoms with Crippen LogP contribution in [0.25, 0.3) is 0 Å². The number of carbonyl (C=O) groups is 2. The molecule has 0 saturated heterocycles. The second kappa shape index (κ2) is 11.9. The third-order valence-electron chi connectivity index (χ3n) is 4.66. The van der Waals surface area contributed by atoms with Crippen LogP contribution in [0, 0.1) is 0 Å². The van der Waals surface area contributed by atoms with Crippen molar-refractivity contribution >= 4 is 34.0 Å². The normalized spacial score (nSPS) is 10.7. The van der Waals surface area contributed by atoms with Gasteiger partial charge in [-0.2, -0.15) is 5.10 Å². The average Bonchev–Trinajstić information content (AvgIpc) is 2.84. The summed E-state index contributed by atoms with van der Waals surface area (Å²) in [6, 6.07) is 16.8. The highest BCUT2D eigenvalue weighted by molar-refractivity contribution is 9.10. The Labute approximate surface area is 205 Å². The van der Waals surface area contributed by atoms with Crippen molar-refractivity contribution < 1.29 is 28.9 Å². The highest BCUT2D eigenvalue weighted by Crippen LogP contribution is 2.28. The van der Waals surface area contributed by atoms with Crippen LogP contribution in [0.1, 0.15) is 38.8 Å². The monoisotopic (exact) mass is 526 g/mol. The van der Waals surface area contributed by atoms with Crippen molar-refractivity contribution in [1.82, 2.24) is 5.43 Å². The van der Waals surface area contributed by atoms with Crippen LogP contribution in [-0.2, 0) is 6.61 Å². The minimum Gasteiger partial charge on any atom is -0.493 e. The minimum atomic E-state index is -0.970. The molecule has 0 aliphatic carbocycles. The summed E-state index contributed by atoms with van der Waals surface area (Å²) in [7, 11) is 1.54. The van der Waals surface area contributed by atoms with E-state index in [4.69, 9.17) is 19.3 Å². The van der Waals surface area contributed by atoms with Crippen LogP contribution < -0.4 is 19.6 Å². The van der Waals surface area contributed by atoms with E-state index in [0.29, 0.717) is 33.9 Å². The molecule has 0 saturated carbocycles. The first-order valence-corrected chi connectivity index (χ1v) is 11.1. The molecule has 3 rings (SSSR count). The summed E-state index contributed by atoms with van der Waals surface area (Å²) >= 11 is 3.47. The van der Waals surface area contributed by atoms with Gasteiger partial charge < -0.3 is 19.3 Å². The zero-order valence-corrected chi connectivity index (χ0v) is 20.2. The van der Waals surface area contributed by atoms with E-state index in [1.54, 1.807) is 48.5 Å². The minimum absolute atomic E-state index is 0.224. The van der Waals surface area contributed by atoms with E-state index in [0.717, 1.165) is 11.1 Å². The summed E-state index contributed by atoms with van der Waals surface area (Å²) in [6.07, 6.45) is 1.52. The molecule has 0 bridgehead atoms. The number of halogens is 1. The molecule has 2 N–H and O–H groups in total. The molecule has 176 valence electrons. The second-order valence-electron chi connectivity index (χ2n) is 6.98. The number of ether oxygens (including phenoxy) is 3. The number of benzene rings is 3. The first-order chi connectivity index (χ1) is 16.4. The summed E-state index contributed by atoms with van der Waals surface area (Å²) in [5.41, 5.74) is 4.70. The van der Waals surface area contributed by atoms with Crippen LogP contribution in [0.3, 0.4) is 0 Å². The maximum atomic E-state index is 12.4. The van der Waals surface area contributed by atoms with Gasteiger partial charge in [-0.3, -0.25) is 4.79 Å². The SMILES string of the molecule is CCOc1cc(C(=O)N/N=C/c2ccc(OCc3ccc(C(=O)O)cc3)c(Br)c2)ccc1OC. The number of aromatic carboxylic acids is 1. The molecule has 3 aromatic carbocycles. The summed E-state index contributed by atoms with van der Waals surface area (Å²) < 4.78 is 17.2. The second-order valence-corrected chi connectivity index (χ2v) is 7.83. The Morgan fingerprint density at radius 2 is 1.68 bits per heavy atom. The maximum Gasteiger partial charge on any atom is 0.335 e. The summed E-state index contributed by atoms with van der Waals surface area (Å²) in [5, 5.41) is 13.0. The molecule has 0 aromatic heterocycles. The van der Waals surface area contributed by atoms with Crippen LogP contribution in [0.2, 0.25) is 0 Å². The van der Waals surface area contributed by atoms with Gasteiger partial charge in [-0.25, -0.2) is 10.2 Å². The van der Waals surface area contributed by atoms with Crippen molar-refractivity contribution in [2.24, 2.45) is 5.10 Å². The topological polar surface area (TPSA) is 106 Å². The number of hydrazone groups is 1. The van der Waals surface area contributed by atoms with E-state index in [1.807, 2.05) is 6.92 Å². The summed E-state index contributed by atoms with van der Waals surface area (Å²) in [4.78, 5) is 23.3. The Kier molecular flexibility index (Phi) is 8.64. The van der Waals surface area contributed by atoms with Crippen LogP contribution in [0.5, 0.6) is 17.2 Å². The van der Waals surface area contributed by atoms with Crippen molar-refractivity contribution in [3.05, 3.63) is 87.4 Å². The first-order valence-electron chi connectivity index (χ1n) is 10.3. The number of rotatable bonds is 10. The lowest BCUT2D eigenvalue weighted by Crippen LogP contribution is -2.17. The molecule has 9 heteroatoms. The van der Waals surface area contributed by atoms with Crippen molar-refractivity contribution in [3.63, 3.8) is 0 Å². The molecule has 1 amide bonds. The number of nitrogens with zero attached hydrogens (tertiary/aromatic N) is 1. The third-order valence-corrected chi connectivity index (χ3v) is 5.28. The molecular formula is C25H23BrN2O6. The van der Waals surface area contributed by atoms with Crippen molar-refractivity contribution in [1.29, 1.82) is 0 Å². The quantitative estimate of drug-likeness (QED) is 0.287. The number of nitrogens with one attached hydrogen (secondary N) is 1. The lowest BCUT2D eigenvalue weighted by molar-refractivity contribution is 0.0696. The number of amides is 1. The van der Waals surface area contributed by atoms with E-state index >= 15 is 0 Å². The van der Waals surface area contributed by atoms with E-state index < -0.39 is 5.97 Å². The highest BCUT2D eigenvalue weighted by Gasteiger charge is 2.11. The Morgan fingerprint density at radius 1 is 0.971 bits per heavy atom. The number of carboxylic acids is 1. The largest absolute Gasteiger partial charge is 0.493 e. The molecule has 34 heavy (non-hydrogen) atoms. The van der Waals surface area contributed by atoms with Gasteiger partial charge in [-0.05, 0) is 82.5 Å². The van der Waals surface area contributed by atoms with E-state index in [2.05, 4.69) is 26.5 Å². The molecule has 3 aromatic rings. The van der Waals surface area contributed by atoms with Gasteiger partial charge in [0.25, 0.3) is 5.91 Å². The Hall–Kier alpha value is -3.85. The van der Waals surface area contributed by atoms with E-state index in [9.17, 15) is 9.59 Å². The molecule has 0 unspecified atom stereocenters. The van der Waals surface area contributed by atoms with Gasteiger partial charge in [-0.15, -0.1) is 0 Å². The number of hydrogen-bond donors (Lipinski definition) is 2. The maximum absolute atomic E-state index is 12.4. The summed E-state index contributed by atoms with van der Waals surface area (Å²) in [5.74, 6) is 0.297. The fourth-order valence-corrected chi connectivity index (χ4v) is 3.45. The number of methoxy groups -OCH3 is 1. The molecule has 0 aliphatic rings. The molecule has 0 fully saturated rings. The molecule has 0 aliphatic heterocycles. The number of carboxylic acid groups (broad SMARTS) is 1. The Bertz CT molecular complexity index is 1190. The van der Waals surface area contributed by atoms with Gasteiger partial charge in [-0.1, -0.05) is 12.1 Å². The van der Waals surface area contributed by atoms with E-state index in [1.165, 1.54) is 25.5 Å². The predicted molar refractivity (Wildman–Crippen MR) is 131 cm³/mol. The molecule has 0 heterocycles. The zero-order valence-electron chi connectivity index (χ0n) is 18.6. The number of carbonyl (C=O) groups excluding carboxylic acids is 1. The lowest BCUT2D eigenvalue weighted by atomic mass is 10.1. The van der Waals surface area contributed by atoms with Crippen molar-refractivity contribution in [2.45, 2.75) is 13.5 Å². The average molecular weight is 527 g/mol. The predicted octanol–water partition coefficient (Wildman–Crippen LogP) is 4.90. The summed E-state index contributed by atoms with van der Waals surface area (Å²) in [6.45, 7) is 2.59. The third kappa shape index (κ3) is 6.58. The van der Waals surface area contributed by atoms with Crippen LogP contribution in [0.4, 0.5) is 0 Å². The van der Waals surface area contributed by atoms with Gasteiger partial charge >= 0.3 is 5.97 Å². The molecule has 8 nitrogen and oxygen atoms in total. The van der Waals surface area contributed by atoms with E-state index in [-0.39, 0.29) is 18.1 Å². The molecular weight excluding hydrogens is 504 g/mol. The Balaban J connectivity index is 1.58. The smallest absolute Gasteiger partial charge is 0.335 e. The molecule has 0 spiro atoms. The van der Waals surface area contributed by atoms with Gasteiger partial charge in [0.1, 0.15) is 12.4 Å². The standard InChI is InChI=1S/C25H23BrN2O6/c1-3-33-23-13-19(9-11-22(23)32-2)24(29)28-27-14-17-6-10-21(20(26)12-17)34-15-16-4-7-18(8-5-16)25(30)31/h4-14H,3,15H2,1-2H3,(H,28,29)(H,30,31)/b27-14+. The fourth-order valence-electron chi connectivity index (χ4n) is 2.94. The van der Waals surface area contributed by atoms with Gasteiger partial charge in [0.05, 0.1) is 30.0 Å². The van der Waals surface area contributed by atoms with Gasteiger partial charge in [0.15, 0.2) is 11.5 Å². The Morgan fingerprint density at radius 3 is 2.32 bits per heavy atom. The van der Waals surface area contributed by atoms with Crippen molar-refractivity contribution in [3.8, 4) is 17.2 Å². The van der Waals surface area contributed by atoms with Crippen LogP contribution >= 0.6 is 15.9 Å². The highest BCUT2D eigenvalue weighted by atomic mass is 79.9. The molecule has 0 atom stereocenters. The fraction of sp³-hybridized carbons (Fsp3) is 0.160. The van der Waals surface area contributed by atoms with Crippen LogP contribution in [-0.4, -0.2) is 36.9 Å². The van der Waals surface area contributed by atoms with Crippen LogP contribution in [0.15, 0.2) is 70.2 Å². The lowest BCUT2D eigenvalue weighted by Gasteiger charge is -2.10. The van der Waals surface area contributed by atoms with Gasteiger partial charge in [0.2, 0.25) is 0 Å². The first kappa shape index (κ1) is 24.8.